The molecule has 1 heterocycles. The lowest BCUT2D eigenvalue weighted by Crippen LogP contribution is -2.42. The van der Waals surface area contributed by atoms with Gasteiger partial charge in [0.15, 0.2) is 0 Å². The second kappa shape index (κ2) is 7.19. The minimum Gasteiger partial charge on any atom is -0.354 e. The molecular formula is C15H24N2OS. The molecule has 4 heteroatoms. The smallest absolute Gasteiger partial charge is 0.240 e. The van der Waals surface area contributed by atoms with Gasteiger partial charge in [0.25, 0.3) is 0 Å². The van der Waals surface area contributed by atoms with Crippen molar-refractivity contribution in [3.63, 3.8) is 0 Å². The zero-order valence-electron chi connectivity index (χ0n) is 11.6. The fourth-order valence-corrected chi connectivity index (χ4v) is 4.28. The third-order valence-corrected chi connectivity index (χ3v) is 5.55. The number of amides is 1. The van der Waals surface area contributed by atoms with Crippen LogP contribution in [-0.2, 0) is 4.79 Å². The maximum absolute atomic E-state index is 12.4. The molecule has 1 saturated carbocycles. The average molecular weight is 280 g/mol. The quantitative estimate of drug-likeness (QED) is 0.808. The lowest BCUT2D eigenvalue weighted by atomic mass is 9.81. The summed E-state index contributed by atoms with van der Waals surface area (Å²) < 4.78 is 0. The minimum atomic E-state index is -0.736. The fraction of sp³-hybridized carbons (Fsp3) is 0.867. The number of carbonyl (C=O) groups is 1. The molecular weight excluding hydrogens is 256 g/mol. The van der Waals surface area contributed by atoms with E-state index in [1.807, 2.05) is 11.8 Å². The van der Waals surface area contributed by atoms with Gasteiger partial charge in [0.2, 0.25) is 5.91 Å². The van der Waals surface area contributed by atoms with Crippen molar-refractivity contribution < 1.29 is 4.79 Å². The van der Waals surface area contributed by atoms with E-state index < -0.39 is 5.41 Å². The van der Waals surface area contributed by atoms with Crippen LogP contribution >= 0.6 is 11.8 Å². The monoisotopic (exact) mass is 280 g/mol. The number of nitrogens with one attached hydrogen (secondary N) is 1. The molecule has 0 spiro atoms. The van der Waals surface area contributed by atoms with Crippen molar-refractivity contribution in [3.05, 3.63) is 0 Å². The molecule has 1 amide bonds. The van der Waals surface area contributed by atoms with E-state index in [0.29, 0.717) is 5.92 Å². The number of nitrogens with zero attached hydrogens (tertiary/aromatic N) is 1. The Morgan fingerprint density at radius 2 is 1.84 bits per heavy atom. The molecule has 0 atom stereocenters. The van der Waals surface area contributed by atoms with Gasteiger partial charge in [-0.1, -0.05) is 25.7 Å². The van der Waals surface area contributed by atoms with Crippen LogP contribution in [0.2, 0.25) is 0 Å². The van der Waals surface area contributed by atoms with E-state index in [4.69, 9.17) is 0 Å². The van der Waals surface area contributed by atoms with E-state index in [0.717, 1.165) is 45.1 Å². The van der Waals surface area contributed by atoms with E-state index in [1.54, 1.807) is 0 Å². The Morgan fingerprint density at radius 3 is 2.42 bits per heavy atom. The number of thioether (sulfide) groups is 1. The van der Waals surface area contributed by atoms with Crippen molar-refractivity contribution in [2.45, 2.75) is 51.4 Å². The summed E-state index contributed by atoms with van der Waals surface area (Å²) in [6.07, 6.45) is 8.25. The van der Waals surface area contributed by atoms with Gasteiger partial charge < -0.3 is 5.32 Å². The van der Waals surface area contributed by atoms with Gasteiger partial charge in [-0.3, -0.25) is 4.79 Å². The molecule has 0 bridgehead atoms. The Balaban J connectivity index is 1.87. The summed E-state index contributed by atoms with van der Waals surface area (Å²) in [5.74, 6) is 3.04. The Hall–Kier alpha value is -0.690. The largest absolute Gasteiger partial charge is 0.354 e. The predicted molar refractivity (Wildman–Crippen MR) is 78.8 cm³/mol. The zero-order valence-corrected chi connectivity index (χ0v) is 12.4. The van der Waals surface area contributed by atoms with Crippen LogP contribution < -0.4 is 5.32 Å². The van der Waals surface area contributed by atoms with E-state index in [-0.39, 0.29) is 5.91 Å². The van der Waals surface area contributed by atoms with Gasteiger partial charge in [-0.15, -0.1) is 0 Å². The van der Waals surface area contributed by atoms with Gasteiger partial charge >= 0.3 is 0 Å². The summed E-state index contributed by atoms with van der Waals surface area (Å²) in [7, 11) is 0. The van der Waals surface area contributed by atoms with Crippen molar-refractivity contribution >= 4 is 17.7 Å². The first-order chi connectivity index (χ1) is 9.27. The van der Waals surface area contributed by atoms with Crippen LogP contribution in [0.3, 0.4) is 0 Å². The summed E-state index contributed by atoms with van der Waals surface area (Å²) in [4.78, 5) is 12.4. The van der Waals surface area contributed by atoms with Crippen LogP contribution in [0.5, 0.6) is 0 Å². The Bertz CT molecular complexity index is 337. The molecule has 2 aliphatic rings. The lowest BCUT2D eigenvalue weighted by Gasteiger charge is -2.26. The normalized spacial score (nSPS) is 24.2. The zero-order chi connectivity index (χ0) is 13.6. The maximum Gasteiger partial charge on any atom is 0.240 e. The SMILES string of the molecule is N#CC1(C(=O)NCC2CCSCC2)CCCCCC1. The number of rotatable bonds is 3. The number of hydrogen-bond acceptors (Lipinski definition) is 3. The molecule has 1 N–H and O–H groups in total. The summed E-state index contributed by atoms with van der Waals surface area (Å²) in [5, 5.41) is 12.5. The molecule has 2 fully saturated rings. The molecule has 3 nitrogen and oxygen atoms in total. The standard InChI is InChI=1S/C15H24N2OS/c16-12-15(7-3-1-2-4-8-15)14(18)17-11-13-5-9-19-10-6-13/h13H,1-11H2,(H,17,18). The van der Waals surface area contributed by atoms with Gasteiger partial charge in [0, 0.05) is 6.54 Å². The summed E-state index contributed by atoms with van der Waals surface area (Å²) in [6, 6.07) is 2.33. The second-order valence-corrected chi connectivity index (χ2v) is 7.10. The van der Waals surface area contributed by atoms with Gasteiger partial charge in [-0.2, -0.15) is 17.0 Å². The molecule has 2 rings (SSSR count). The Labute approximate surface area is 120 Å². The topological polar surface area (TPSA) is 52.9 Å². The van der Waals surface area contributed by atoms with Gasteiger partial charge in [0.05, 0.1) is 6.07 Å². The summed E-state index contributed by atoms with van der Waals surface area (Å²) in [5.41, 5.74) is -0.736. The van der Waals surface area contributed by atoms with Gasteiger partial charge in [0.1, 0.15) is 5.41 Å². The lowest BCUT2D eigenvalue weighted by molar-refractivity contribution is -0.129. The van der Waals surface area contributed by atoms with E-state index in [2.05, 4.69) is 11.4 Å². The van der Waals surface area contributed by atoms with Crippen LogP contribution in [0.4, 0.5) is 0 Å². The van der Waals surface area contributed by atoms with Crippen LogP contribution in [-0.4, -0.2) is 24.0 Å². The first-order valence-corrected chi connectivity index (χ1v) is 8.70. The van der Waals surface area contributed by atoms with Crippen molar-refractivity contribution in [2.75, 3.05) is 18.1 Å². The van der Waals surface area contributed by atoms with E-state index in [9.17, 15) is 10.1 Å². The van der Waals surface area contributed by atoms with Crippen LogP contribution in [0.1, 0.15) is 51.4 Å². The molecule has 106 valence electrons. The highest BCUT2D eigenvalue weighted by Crippen LogP contribution is 2.34. The molecule has 0 aromatic heterocycles. The van der Waals surface area contributed by atoms with Crippen molar-refractivity contribution in [1.29, 1.82) is 5.26 Å². The van der Waals surface area contributed by atoms with Crippen LogP contribution in [0.15, 0.2) is 0 Å². The highest BCUT2D eigenvalue weighted by atomic mass is 32.2. The minimum absolute atomic E-state index is 0.00451. The third kappa shape index (κ3) is 3.89. The Kier molecular flexibility index (Phi) is 5.57. The third-order valence-electron chi connectivity index (χ3n) is 4.50. The van der Waals surface area contributed by atoms with Crippen LogP contribution in [0, 0.1) is 22.7 Å². The first kappa shape index (κ1) is 14.7. The molecule has 0 unspecified atom stereocenters. The molecule has 0 aromatic rings. The number of hydrogen-bond donors (Lipinski definition) is 1. The van der Waals surface area contributed by atoms with Gasteiger partial charge in [-0.25, -0.2) is 0 Å². The van der Waals surface area contributed by atoms with Crippen molar-refractivity contribution in [1.82, 2.24) is 5.32 Å². The van der Waals surface area contributed by atoms with Crippen molar-refractivity contribution in [2.24, 2.45) is 11.3 Å². The van der Waals surface area contributed by atoms with Crippen LogP contribution in [0.25, 0.3) is 0 Å². The molecule has 1 aliphatic carbocycles. The maximum atomic E-state index is 12.4. The molecule has 19 heavy (non-hydrogen) atoms. The summed E-state index contributed by atoms with van der Waals surface area (Å²) in [6.45, 7) is 0.767. The van der Waals surface area contributed by atoms with Gasteiger partial charge in [-0.05, 0) is 43.1 Å². The molecule has 0 radical (unpaired) electrons. The second-order valence-electron chi connectivity index (χ2n) is 5.87. The van der Waals surface area contributed by atoms with Crippen molar-refractivity contribution in [3.8, 4) is 6.07 Å². The number of carbonyl (C=O) groups excluding carboxylic acids is 1. The van der Waals surface area contributed by atoms with E-state index >= 15 is 0 Å². The highest BCUT2D eigenvalue weighted by molar-refractivity contribution is 7.99. The number of nitriles is 1. The Morgan fingerprint density at radius 1 is 1.21 bits per heavy atom. The van der Waals surface area contributed by atoms with E-state index in [1.165, 1.54) is 24.3 Å². The molecule has 0 aromatic carbocycles. The fourth-order valence-electron chi connectivity index (χ4n) is 3.08. The molecule has 1 aliphatic heterocycles. The predicted octanol–water partition coefficient (Wildman–Crippen LogP) is 3.11. The molecule has 1 saturated heterocycles. The highest BCUT2D eigenvalue weighted by Gasteiger charge is 2.38. The first-order valence-electron chi connectivity index (χ1n) is 7.54. The summed E-state index contributed by atoms with van der Waals surface area (Å²) >= 11 is 2.00. The average Bonchev–Trinajstić information content (AvgIpc) is 2.72.